The van der Waals surface area contributed by atoms with E-state index in [9.17, 15) is 0 Å². The number of benzene rings is 1. The smallest absolute Gasteiger partial charge is 0.233 e. The summed E-state index contributed by atoms with van der Waals surface area (Å²) >= 11 is 0. The second kappa shape index (κ2) is 7.13. The van der Waals surface area contributed by atoms with E-state index >= 15 is 0 Å². The largest absolute Gasteiger partial charge is 0.424 e. The van der Waals surface area contributed by atoms with Crippen molar-refractivity contribution in [1.82, 2.24) is 15.1 Å². The van der Waals surface area contributed by atoms with Gasteiger partial charge in [-0.3, -0.25) is 4.90 Å². The van der Waals surface area contributed by atoms with Crippen molar-refractivity contribution in [2.75, 3.05) is 25.0 Å². The number of hydrogen-bond acceptors (Lipinski definition) is 5. The van der Waals surface area contributed by atoms with E-state index in [-0.39, 0.29) is 6.04 Å². The molecule has 2 heterocycles. The molecular weight excluding hydrogens is 288 g/mol. The van der Waals surface area contributed by atoms with Crippen molar-refractivity contribution in [3.05, 3.63) is 41.6 Å². The first-order valence-corrected chi connectivity index (χ1v) is 8.54. The Morgan fingerprint density at radius 1 is 1.22 bits per heavy atom. The molecule has 23 heavy (non-hydrogen) atoms. The molecular formula is C18H26N4O. The van der Waals surface area contributed by atoms with Crippen molar-refractivity contribution in [1.29, 1.82) is 0 Å². The van der Waals surface area contributed by atoms with Crippen LogP contribution in [-0.4, -0.2) is 35.2 Å². The highest BCUT2D eigenvalue weighted by atomic mass is 16.4. The Hall–Kier alpha value is -1.88. The standard InChI is InChI=1S/C18H26N4O/c1-4-17-19-20-18(23-17)14(2)21(3)13-15-9-5-6-10-16(15)22-11-7-8-12-22/h5-6,9-10,14H,4,7-8,11-13H2,1-3H3. The van der Waals surface area contributed by atoms with E-state index < -0.39 is 0 Å². The number of nitrogens with zero attached hydrogens (tertiary/aromatic N) is 4. The second-order valence-electron chi connectivity index (χ2n) is 6.30. The van der Waals surface area contributed by atoms with E-state index in [1.807, 2.05) is 6.92 Å². The number of hydrogen-bond donors (Lipinski definition) is 0. The summed E-state index contributed by atoms with van der Waals surface area (Å²) in [4.78, 5) is 4.76. The molecule has 1 saturated heterocycles. The maximum absolute atomic E-state index is 5.71. The minimum absolute atomic E-state index is 0.106. The quantitative estimate of drug-likeness (QED) is 0.817. The van der Waals surface area contributed by atoms with Gasteiger partial charge < -0.3 is 9.32 Å². The van der Waals surface area contributed by atoms with Gasteiger partial charge in [0.25, 0.3) is 0 Å². The summed E-state index contributed by atoms with van der Waals surface area (Å²) in [5, 5.41) is 8.25. The summed E-state index contributed by atoms with van der Waals surface area (Å²) in [5.74, 6) is 1.40. The van der Waals surface area contributed by atoms with Gasteiger partial charge in [0.15, 0.2) is 0 Å². The highest BCUT2D eigenvalue weighted by Crippen LogP contribution is 2.27. The van der Waals surface area contributed by atoms with Crippen LogP contribution in [0.3, 0.4) is 0 Å². The van der Waals surface area contributed by atoms with Gasteiger partial charge in [-0.05, 0) is 38.4 Å². The lowest BCUT2D eigenvalue weighted by Gasteiger charge is -2.26. The third kappa shape index (κ3) is 3.55. The van der Waals surface area contributed by atoms with Crippen molar-refractivity contribution in [3.63, 3.8) is 0 Å². The molecule has 5 nitrogen and oxygen atoms in total. The van der Waals surface area contributed by atoms with Crippen LogP contribution in [0.15, 0.2) is 28.7 Å². The Morgan fingerprint density at radius 2 is 1.96 bits per heavy atom. The Labute approximate surface area is 138 Å². The monoisotopic (exact) mass is 314 g/mol. The average molecular weight is 314 g/mol. The van der Waals surface area contributed by atoms with Crippen LogP contribution in [-0.2, 0) is 13.0 Å². The van der Waals surface area contributed by atoms with Gasteiger partial charge in [0.2, 0.25) is 11.8 Å². The van der Waals surface area contributed by atoms with Crippen LogP contribution in [0.5, 0.6) is 0 Å². The molecule has 0 aliphatic carbocycles. The van der Waals surface area contributed by atoms with Gasteiger partial charge in [0.1, 0.15) is 0 Å². The maximum Gasteiger partial charge on any atom is 0.233 e. The molecule has 3 rings (SSSR count). The molecule has 0 N–H and O–H groups in total. The van der Waals surface area contributed by atoms with Crippen molar-refractivity contribution >= 4 is 5.69 Å². The highest BCUT2D eigenvalue weighted by molar-refractivity contribution is 5.54. The lowest BCUT2D eigenvalue weighted by Crippen LogP contribution is -2.25. The molecule has 1 fully saturated rings. The van der Waals surface area contributed by atoms with Crippen LogP contribution in [0, 0.1) is 0 Å². The topological polar surface area (TPSA) is 45.4 Å². The molecule has 2 aromatic rings. The first kappa shape index (κ1) is 16.0. The predicted molar refractivity (Wildman–Crippen MR) is 91.4 cm³/mol. The van der Waals surface area contributed by atoms with Crippen LogP contribution in [0.25, 0.3) is 0 Å². The molecule has 0 amide bonds. The predicted octanol–water partition coefficient (Wildman–Crippen LogP) is 3.43. The summed E-state index contributed by atoms with van der Waals surface area (Å²) in [7, 11) is 2.11. The van der Waals surface area contributed by atoms with Gasteiger partial charge in [0, 0.05) is 31.7 Å². The van der Waals surface area contributed by atoms with Gasteiger partial charge >= 0.3 is 0 Å². The van der Waals surface area contributed by atoms with Gasteiger partial charge in [-0.2, -0.15) is 0 Å². The lowest BCUT2D eigenvalue weighted by molar-refractivity contribution is 0.214. The zero-order valence-electron chi connectivity index (χ0n) is 14.3. The SMILES string of the molecule is CCc1nnc(C(C)N(C)Cc2ccccc2N2CCCC2)o1. The van der Waals surface area contributed by atoms with Crippen molar-refractivity contribution < 1.29 is 4.42 Å². The first-order chi connectivity index (χ1) is 11.2. The van der Waals surface area contributed by atoms with E-state index in [1.54, 1.807) is 0 Å². The summed E-state index contributed by atoms with van der Waals surface area (Å²) in [5.41, 5.74) is 2.72. The molecule has 0 bridgehead atoms. The molecule has 1 aromatic heterocycles. The number of para-hydroxylation sites is 1. The summed E-state index contributed by atoms with van der Waals surface area (Å²) in [6.07, 6.45) is 3.37. The van der Waals surface area contributed by atoms with E-state index in [0.29, 0.717) is 11.8 Å². The van der Waals surface area contributed by atoms with Gasteiger partial charge in [-0.1, -0.05) is 25.1 Å². The molecule has 1 aliphatic rings. The fourth-order valence-corrected chi connectivity index (χ4v) is 3.08. The minimum Gasteiger partial charge on any atom is -0.424 e. The second-order valence-corrected chi connectivity index (χ2v) is 6.30. The molecule has 0 spiro atoms. The average Bonchev–Trinajstić information content (AvgIpc) is 3.26. The zero-order valence-corrected chi connectivity index (χ0v) is 14.3. The molecule has 1 aromatic carbocycles. The Morgan fingerprint density at radius 3 is 2.65 bits per heavy atom. The molecule has 124 valence electrons. The van der Waals surface area contributed by atoms with Crippen molar-refractivity contribution in [3.8, 4) is 0 Å². The molecule has 0 saturated carbocycles. The molecule has 0 radical (unpaired) electrons. The van der Waals surface area contributed by atoms with Crippen molar-refractivity contribution in [2.24, 2.45) is 0 Å². The molecule has 1 unspecified atom stereocenters. The normalized spacial score (nSPS) is 16.3. The molecule has 5 heteroatoms. The van der Waals surface area contributed by atoms with E-state index in [4.69, 9.17) is 4.42 Å². The zero-order chi connectivity index (χ0) is 16.2. The number of aromatic nitrogens is 2. The lowest BCUT2D eigenvalue weighted by atomic mass is 10.1. The van der Waals surface area contributed by atoms with Gasteiger partial charge in [-0.25, -0.2) is 0 Å². The minimum atomic E-state index is 0.106. The number of anilines is 1. The summed E-state index contributed by atoms with van der Waals surface area (Å²) in [6, 6.07) is 8.82. The number of rotatable bonds is 6. The fraction of sp³-hybridized carbons (Fsp3) is 0.556. The van der Waals surface area contributed by atoms with Crippen LogP contribution in [0.1, 0.15) is 50.1 Å². The highest BCUT2D eigenvalue weighted by Gasteiger charge is 2.21. The van der Waals surface area contributed by atoms with Gasteiger partial charge in [-0.15, -0.1) is 10.2 Å². The third-order valence-electron chi connectivity index (χ3n) is 4.66. The summed E-state index contributed by atoms with van der Waals surface area (Å²) in [6.45, 7) is 7.35. The van der Waals surface area contributed by atoms with E-state index in [0.717, 1.165) is 13.0 Å². The maximum atomic E-state index is 5.71. The molecule has 1 aliphatic heterocycles. The Bertz CT molecular complexity index is 633. The number of aryl methyl sites for hydroxylation is 1. The van der Waals surface area contributed by atoms with E-state index in [2.05, 4.69) is 58.2 Å². The molecule has 1 atom stereocenters. The summed E-state index contributed by atoms with van der Waals surface area (Å²) < 4.78 is 5.71. The van der Waals surface area contributed by atoms with Crippen LogP contribution >= 0.6 is 0 Å². The van der Waals surface area contributed by atoms with E-state index in [1.165, 1.54) is 37.2 Å². The Kier molecular flexibility index (Phi) is 4.96. The van der Waals surface area contributed by atoms with Crippen LogP contribution in [0.2, 0.25) is 0 Å². The van der Waals surface area contributed by atoms with Gasteiger partial charge in [0.05, 0.1) is 6.04 Å². The fourth-order valence-electron chi connectivity index (χ4n) is 3.08. The Balaban J connectivity index is 1.73. The van der Waals surface area contributed by atoms with Crippen LogP contribution in [0.4, 0.5) is 5.69 Å². The van der Waals surface area contributed by atoms with Crippen LogP contribution < -0.4 is 4.90 Å². The third-order valence-corrected chi connectivity index (χ3v) is 4.66. The first-order valence-electron chi connectivity index (χ1n) is 8.54. The van der Waals surface area contributed by atoms with Crippen molar-refractivity contribution in [2.45, 2.75) is 45.7 Å².